The standard InChI is InChI=1S/C9H6F6O/c10-7(8(11,12)9(13,14)15)5-1-3-6(16)4-2-5/h1-4,7,16H/t7-/m0/s1. The quantitative estimate of drug-likeness (QED) is 0.788. The number of phenols is 1. The maximum absolute atomic E-state index is 13.0. The monoisotopic (exact) mass is 244 g/mol. The second-order valence-corrected chi connectivity index (χ2v) is 3.07. The molecule has 0 saturated heterocycles. The lowest BCUT2D eigenvalue weighted by Gasteiger charge is -2.23. The number of halogens is 6. The lowest BCUT2D eigenvalue weighted by atomic mass is 10.0. The zero-order chi connectivity index (χ0) is 12.6. The molecule has 0 aliphatic heterocycles. The molecule has 90 valence electrons. The minimum Gasteiger partial charge on any atom is -0.508 e. The van der Waals surface area contributed by atoms with Crippen LogP contribution in [0.1, 0.15) is 11.7 Å². The molecule has 16 heavy (non-hydrogen) atoms. The van der Waals surface area contributed by atoms with Crippen LogP contribution in [-0.2, 0) is 0 Å². The van der Waals surface area contributed by atoms with Crippen LogP contribution in [0.5, 0.6) is 5.75 Å². The average Bonchev–Trinajstić information content (AvgIpc) is 2.16. The third kappa shape index (κ3) is 2.23. The van der Waals surface area contributed by atoms with Gasteiger partial charge in [0.25, 0.3) is 0 Å². The van der Waals surface area contributed by atoms with Gasteiger partial charge in [0, 0.05) is 0 Å². The highest BCUT2D eigenvalue weighted by atomic mass is 19.4. The number of hydrogen-bond acceptors (Lipinski definition) is 1. The molecule has 1 nitrogen and oxygen atoms in total. The summed E-state index contributed by atoms with van der Waals surface area (Å²) < 4.78 is 73.5. The van der Waals surface area contributed by atoms with Crippen LogP contribution in [0.15, 0.2) is 24.3 Å². The van der Waals surface area contributed by atoms with E-state index in [-0.39, 0.29) is 5.75 Å². The maximum Gasteiger partial charge on any atom is 0.456 e. The first-order chi connectivity index (χ1) is 7.16. The molecule has 0 spiro atoms. The van der Waals surface area contributed by atoms with E-state index >= 15 is 0 Å². The van der Waals surface area contributed by atoms with Gasteiger partial charge in [-0.05, 0) is 17.7 Å². The highest BCUT2D eigenvalue weighted by Crippen LogP contribution is 2.46. The van der Waals surface area contributed by atoms with E-state index in [1.165, 1.54) is 0 Å². The number of phenolic OH excluding ortho intramolecular Hbond substituents is 1. The first kappa shape index (κ1) is 12.7. The summed E-state index contributed by atoms with van der Waals surface area (Å²) in [5.41, 5.74) is -0.847. The molecular weight excluding hydrogens is 238 g/mol. The van der Waals surface area contributed by atoms with Crippen molar-refractivity contribution in [1.82, 2.24) is 0 Å². The Kier molecular flexibility index (Phi) is 3.07. The van der Waals surface area contributed by atoms with Gasteiger partial charge in [-0.25, -0.2) is 4.39 Å². The van der Waals surface area contributed by atoms with Crippen molar-refractivity contribution in [2.45, 2.75) is 18.3 Å². The Morgan fingerprint density at radius 3 is 1.75 bits per heavy atom. The lowest BCUT2D eigenvalue weighted by Crippen LogP contribution is -2.40. The van der Waals surface area contributed by atoms with Crippen LogP contribution < -0.4 is 0 Å². The predicted octanol–water partition coefficient (Wildman–Crippen LogP) is 3.60. The summed E-state index contributed by atoms with van der Waals surface area (Å²) in [5.74, 6) is -5.81. The van der Waals surface area contributed by atoms with E-state index in [1.54, 1.807) is 0 Å². The Morgan fingerprint density at radius 1 is 0.938 bits per heavy atom. The molecule has 0 radical (unpaired) electrons. The number of aromatic hydroxyl groups is 1. The zero-order valence-electron chi connectivity index (χ0n) is 7.60. The van der Waals surface area contributed by atoms with E-state index in [1.807, 2.05) is 0 Å². The minimum absolute atomic E-state index is 0.355. The van der Waals surface area contributed by atoms with E-state index in [9.17, 15) is 26.3 Å². The van der Waals surface area contributed by atoms with E-state index in [0.717, 1.165) is 12.1 Å². The lowest BCUT2D eigenvalue weighted by molar-refractivity contribution is -0.305. The first-order valence-electron chi connectivity index (χ1n) is 4.04. The van der Waals surface area contributed by atoms with Crippen LogP contribution in [0.3, 0.4) is 0 Å². The molecule has 0 aliphatic carbocycles. The molecule has 1 N–H and O–H groups in total. The number of hydrogen-bond donors (Lipinski definition) is 1. The van der Waals surface area contributed by atoms with E-state index in [0.29, 0.717) is 12.1 Å². The van der Waals surface area contributed by atoms with Crippen molar-refractivity contribution < 1.29 is 31.4 Å². The summed E-state index contributed by atoms with van der Waals surface area (Å²) in [6.45, 7) is 0. The van der Waals surface area contributed by atoms with Crippen molar-refractivity contribution in [1.29, 1.82) is 0 Å². The van der Waals surface area contributed by atoms with Crippen LogP contribution in [0.4, 0.5) is 26.3 Å². The highest BCUT2D eigenvalue weighted by Gasteiger charge is 2.63. The van der Waals surface area contributed by atoms with Crippen molar-refractivity contribution in [3.63, 3.8) is 0 Å². The summed E-state index contributed by atoms with van der Waals surface area (Å²) in [6, 6.07) is 2.99. The topological polar surface area (TPSA) is 20.2 Å². The van der Waals surface area contributed by atoms with Crippen LogP contribution in [0.25, 0.3) is 0 Å². The molecule has 1 aromatic rings. The van der Waals surface area contributed by atoms with Gasteiger partial charge in [0.05, 0.1) is 0 Å². The van der Waals surface area contributed by atoms with Crippen LogP contribution in [0.2, 0.25) is 0 Å². The molecule has 0 aromatic heterocycles. The van der Waals surface area contributed by atoms with Crippen molar-refractivity contribution in [3.8, 4) is 5.75 Å². The van der Waals surface area contributed by atoms with E-state index in [4.69, 9.17) is 5.11 Å². The largest absolute Gasteiger partial charge is 0.508 e. The van der Waals surface area contributed by atoms with Gasteiger partial charge < -0.3 is 5.11 Å². The Bertz CT molecular complexity index is 355. The average molecular weight is 244 g/mol. The predicted molar refractivity (Wildman–Crippen MR) is 43.0 cm³/mol. The molecular formula is C9H6F6O. The van der Waals surface area contributed by atoms with Gasteiger partial charge in [-0.2, -0.15) is 22.0 Å². The fraction of sp³-hybridized carbons (Fsp3) is 0.333. The van der Waals surface area contributed by atoms with Crippen molar-refractivity contribution in [3.05, 3.63) is 29.8 Å². The fourth-order valence-electron chi connectivity index (χ4n) is 0.996. The van der Waals surface area contributed by atoms with Gasteiger partial charge in [-0.1, -0.05) is 12.1 Å². The third-order valence-electron chi connectivity index (χ3n) is 1.88. The van der Waals surface area contributed by atoms with Gasteiger partial charge >= 0.3 is 12.1 Å². The summed E-state index contributed by atoms with van der Waals surface area (Å²) >= 11 is 0. The molecule has 1 atom stereocenters. The van der Waals surface area contributed by atoms with Gasteiger partial charge in [-0.3, -0.25) is 0 Å². The number of benzene rings is 1. The Hall–Kier alpha value is -1.40. The van der Waals surface area contributed by atoms with Gasteiger partial charge in [-0.15, -0.1) is 0 Å². The smallest absolute Gasteiger partial charge is 0.456 e. The molecule has 7 heteroatoms. The second-order valence-electron chi connectivity index (χ2n) is 3.07. The zero-order valence-corrected chi connectivity index (χ0v) is 7.60. The molecule has 0 fully saturated rings. The Labute approximate surface area is 86.3 Å². The molecule has 0 saturated carbocycles. The van der Waals surface area contributed by atoms with Crippen LogP contribution >= 0.6 is 0 Å². The van der Waals surface area contributed by atoms with Gasteiger partial charge in [0.2, 0.25) is 0 Å². The molecule has 0 amide bonds. The molecule has 1 rings (SSSR count). The van der Waals surface area contributed by atoms with Gasteiger partial charge in [0.15, 0.2) is 6.17 Å². The summed E-state index contributed by atoms with van der Waals surface area (Å²) in [5, 5.41) is 8.77. The number of alkyl halides is 6. The summed E-state index contributed by atoms with van der Waals surface area (Å²) in [7, 11) is 0. The van der Waals surface area contributed by atoms with E-state index < -0.39 is 23.8 Å². The first-order valence-corrected chi connectivity index (χ1v) is 4.04. The normalized spacial score (nSPS) is 14.9. The third-order valence-corrected chi connectivity index (χ3v) is 1.88. The SMILES string of the molecule is Oc1ccc([C@H](F)C(F)(F)C(F)(F)F)cc1. The fourth-order valence-corrected chi connectivity index (χ4v) is 0.996. The number of rotatable bonds is 2. The van der Waals surface area contributed by atoms with E-state index in [2.05, 4.69) is 0 Å². The van der Waals surface area contributed by atoms with Crippen LogP contribution in [-0.4, -0.2) is 17.2 Å². The van der Waals surface area contributed by atoms with Crippen molar-refractivity contribution >= 4 is 0 Å². The molecule has 0 bridgehead atoms. The Morgan fingerprint density at radius 2 is 1.38 bits per heavy atom. The molecule has 0 aliphatic rings. The molecule has 0 unspecified atom stereocenters. The highest BCUT2D eigenvalue weighted by molar-refractivity contribution is 5.28. The summed E-state index contributed by atoms with van der Waals surface area (Å²) in [4.78, 5) is 0. The maximum atomic E-state index is 13.0. The van der Waals surface area contributed by atoms with Crippen molar-refractivity contribution in [2.24, 2.45) is 0 Å². The van der Waals surface area contributed by atoms with Crippen molar-refractivity contribution in [2.75, 3.05) is 0 Å². The second kappa shape index (κ2) is 3.88. The molecule has 1 aromatic carbocycles. The van der Waals surface area contributed by atoms with Gasteiger partial charge in [0.1, 0.15) is 5.75 Å². The molecule has 0 heterocycles. The van der Waals surface area contributed by atoms with Crippen LogP contribution in [0, 0.1) is 0 Å². The summed E-state index contributed by atoms with van der Waals surface area (Å²) in [6.07, 6.45) is -9.45. The Balaban J connectivity index is 3.02. The minimum atomic E-state index is -5.95.